The molecule has 0 amide bonds. The summed E-state index contributed by atoms with van der Waals surface area (Å²) in [6.45, 7) is 1.15. The summed E-state index contributed by atoms with van der Waals surface area (Å²) in [6.07, 6.45) is 1.20. The minimum Gasteiger partial charge on any atom is -0.495 e. The fourth-order valence-electron chi connectivity index (χ4n) is 2.65. The van der Waals surface area contributed by atoms with Gasteiger partial charge < -0.3 is 14.6 Å². The molecular formula is C17H19ClN2O6. The average molecular weight is 383 g/mol. The molecule has 1 N–H and O–H groups in total. The van der Waals surface area contributed by atoms with Crippen molar-refractivity contribution in [3.63, 3.8) is 0 Å². The van der Waals surface area contributed by atoms with Crippen molar-refractivity contribution in [3.05, 3.63) is 50.3 Å². The molecule has 2 aromatic rings. The van der Waals surface area contributed by atoms with E-state index in [1.165, 1.54) is 20.4 Å². The molecule has 0 aliphatic rings. The van der Waals surface area contributed by atoms with E-state index < -0.39 is 29.8 Å². The first kappa shape index (κ1) is 19.7. The fraction of sp³-hybridized carbons (Fsp3) is 0.353. The molecule has 0 radical (unpaired) electrons. The van der Waals surface area contributed by atoms with Crippen molar-refractivity contribution in [2.45, 2.75) is 19.5 Å². The molecule has 9 heteroatoms. The lowest BCUT2D eigenvalue weighted by Crippen LogP contribution is -2.43. The van der Waals surface area contributed by atoms with Crippen LogP contribution in [0.15, 0.2) is 34.0 Å². The summed E-state index contributed by atoms with van der Waals surface area (Å²) in [7, 11) is 2.88. The van der Waals surface area contributed by atoms with Gasteiger partial charge in [0, 0.05) is 18.9 Å². The summed E-state index contributed by atoms with van der Waals surface area (Å²) in [5.41, 5.74) is -0.882. The van der Waals surface area contributed by atoms with Crippen LogP contribution < -0.4 is 16.0 Å². The number of hydrogen-bond acceptors (Lipinski definition) is 5. The zero-order chi connectivity index (χ0) is 19.4. The van der Waals surface area contributed by atoms with Crippen LogP contribution in [-0.4, -0.2) is 41.0 Å². The molecule has 1 heterocycles. The molecule has 0 fully saturated rings. The lowest BCUT2D eigenvalue weighted by atomic mass is 10.1. The smallest absolute Gasteiger partial charge is 0.331 e. The number of aliphatic carboxylic acids is 1. The van der Waals surface area contributed by atoms with Gasteiger partial charge in [0.1, 0.15) is 12.3 Å². The van der Waals surface area contributed by atoms with Gasteiger partial charge in [-0.3, -0.25) is 18.7 Å². The van der Waals surface area contributed by atoms with Crippen molar-refractivity contribution >= 4 is 17.6 Å². The standard InChI is InChI=1S/C17H19ClN2O6/c1-10(9-25-2)20-16(23)12(7-19(17(20)24)8-14(21)22)11-5-4-6-13(26-3)15(11)18/h4-7,10H,8-9H2,1-3H3,(H,21,22). The number of aromatic nitrogens is 2. The molecule has 0 bridgehead atoms. The van der Waals surface area contributed by atoms with E-state index in [-0.39, 0.29) is 17.2 Å². The Morgan fingerprint density at radius 2 is 1.96 bits per heavy atom. The monoisotopic (exact) mass is 382 g/mol. The second-order valence-corrected chi connectivity index (χ2v) is 6.03. The van der Waals surface area contributed by atoms with Gasteiger partial charge in [-0.25, -0.2) is 4.79 Å². The maximum absolute atomic E-state index is 12.9. The molecule has 1 aromatic heterocycles. The number of hydrogen-bond donors (Lipinski definition) is 1. The van der Waals surface area contributed by atoms with E-state index in [0.717, 1.165) is 9.13 Å². The molecule has 140 valence electrons. The van der Waals surface area contributed by atoms with Crippen LogP contribution in [0.25, 0.3) is 11.1 Å². The summed E-state index contributed by atoms with van der Waals surface area (Å²) >= 11 is 6.30. The highest BCUT2D eigenvalue weighted by Crippen LogP contribution is 2.33. The first-order valence-electron chi connectivity index (χ1n) is 7.71. The Morgan fingerprint density at radius 3 is 2.54 bits per heavy atom. The third kappa shape index (κ3) is 3.81. The van der Waals surface area contributed by atoms with Gasteiger partial charge in [0.25, 0.3) is 5.56 Å². The van der Waals surface area contributed by atoms with Crippen LogP contribution in [0.3, 0.4) is 0 Å². The Hall–Kier alpha value is -2.58. The summed E-state index contributed by atoms with van der Waals surface area (Å²) < 4.78 is 12.1. The molecule has 0 aliphatic carbocycles. The van der Waals surface area contributed by atoms with Gasteiger partial charge >= 0.3 is 11.7 Å². The Labute approximate surface area is 154 Å². The highest BCUT2D eigenvalue weighted by atomic mass is 35.5. The van der Waals surface area contributed by atoms with Crippen LogP contribution in [0.2, 0.25) is 5.02 Å². The first-order chi connectivity index (χ1) is 12.3. The van der Waals surface area contributed by atoms with E-state index in [1.807, 2.05) is 0 Å². The van der Waals surface area contributed by atoms with Crippen LogP contribution in [-0.2, 0) is 16.1 Å². The number of rotatable bonds is 7. The molecule has 2 rings (SSSR count). The number of carboxylic acid groups (broad SMARTS) is 1. The highest BCUT2D eigenvalue weighted by molar-refractivity contribution is 6.34. The predicted molar refractivity (Wildman–Crippen MR) is 96.2 cm³/mol. The normalized spacial score (nSPS) is 12.0. The van der Waals surface area contributed by atoms with Crippen LogP contribution in [0.4, 0.5) is 0 Å². The number of nitrogens with zero attached hydrogens (tertiary/aromatic N) is 2. The zero-order valence-electron chi connectivity index (χ0n) is 14.6. The van der Waals surface area contributed by atoms with E-state index in [4.69, 9.17) is 26.2 Å². The average Bonchev–Trinajstić information content (AvgIpc) is 2.58. The minimum atomic E-state index is -1.21. The zero-order valence-corrected chi connectivity index (χ0v) is 15.3. The minimum absolute atomic E-state index is 0.0951. The van der Waals surface area contributed by atoms with Gasteiger partial charge in [0.2, 0.25) is 0 Å². The number of benzene rings is 1. The summed E-state index contributed by atoms with van der Waals surface area (Å²) in [5.74, 6) is -0.851. The fourth-order valence-corrected chi connectivity index (χ4v) is 2.95. The van der Waals surface area contributed by atoms with Crippen molar-refractivity contribution in [1.82, 2.24) is 9.13 Å². The van der Waals surface area contributed by atoms with Gasteiger partial charge in [-0.15, -0.1) is 0 Å². The first-order valence-corrected chi connectivity index (χ1v) is 8.09. The molecule has 0 saturated heterocycles. The number of carbonyl (C=O) groups is 1. The number of ether oxygens (including phenoxy) is 2. The van der Waals surface area contributed by atoms with Gasteiger partial charge in [-0.2, -0.15) is 0 Å². The largest absolute Gasteiger partial charge is 0.495 e. The van der Waals surface area contributed by atoms with Crippen molar-refractivity contribution in [2.24, 2.45) is 0 Å². The van der Waals surface area contributed by atoms with Gasteiger partial charge in [-0.05, 0) is 13.0 Å². The molecule has 8 nitrogen and oxygen atoms in total. The Morgan fingerprint density at radius 1 is 1.27 bits per heavy atom. The van der Waals surface area contributed by atoms with E-state index in [1.54, 1.807) is 25.1 Å². The number of methoxy groups -OCH3 is 2. The van der Waals surface area contributed by atoms with E-state index >= 15 is 0 Å². The molecule has 1 aromatic carbocycles. The van der Waals surface area contributed by atoms with Gasteiger partial charge in [0.15, 0.2) is 0 Å². The Bertz CT molecular complexity index is 934. The summed E-state index contributed by atoms with van der Waals surface area (Å²) in [4.78, 5) is 36.6. The summed E-state index contributed by atoms with van der Waals surface area (Å²) in [5, 5.41) is 9.27. The molecular weight excluding hydrogens is 364 g/mol. The Kier molecular flexibility index (Phi) is 6.23. The molecule has 0 aliphatic heterocycles. The van der Waals surface area contributed by atoms with Crippen LogP contribution in [0.5, 0.6) is 5.75 Å². The van der Waals surface area contributed by atoms with Crippen molar-refractivity contribution in [1.29, 1.82) is 0 Å². The lowest BCUT2D eigenvalue weighted by Gasteiger charge is -2.18. The third-order valence-corrected chi connectivity index (χ3v) is 4.20. The molecule has 26 heavy (non-hydrogen) atoms. The number of carboxylic acids is 1. The molecule has 1 unspecified atom stereocenters. The van der Waals surface area contributed by atoms with Crippen molar-refractivity contribution in [3.8, 4) is 16.9 Å². The topological polar surface area (TPSA) is 99.8 Å². The molecule has 1 atom stereocenters. The quantitative estimate of drug-likeness (QED) is 0.781. The number of halogens is 1. The van der Waals surface area contributed by atoms with E-state index in [2.05, 4.69) is 0 Å². The second kappa shape index (κ2) is 8.20. The molecule has 0 spiro atoms. The third-order valence-electron chi connectivity index (χ3n) is 3.81. The predicted octanol–water partition coefficient (Wildman–Crippen LogP) is 1.63. The van der Waals surface area contributed by atoms with Gasteiger partial charge in [-0.1, -0.05) is 23.7 Å². The van der Waals surface area contributed by atoms with Crippen LogP contribution in [0.1, 0.15) is 13.0 Å². The van der Waals surface area contributed by atoms with Crippen molar-refractivity contribution in [2.75, 3.05) is 20.8 Å². The summed E-state index contributed by atoms with van der Waals surface area (Å²) in [6, 6.07) is 4.28. The van der Waals surface area contributed by atoms with E-state index in [9.17, 15) is 14.4 Å². The van der Waals surface area contributed by atoms with Crippen LogP contribution in [0, 0.1) is 0 Å². The Balaban J connectivity index is 2.82. The van der Waals surface area contributed by atoms with Gasteiger partial charge in [0.05, 0.1) is 30.3 Å². The second-order valence-electron chi connectivity index (χ2n) is 5.65. The lowest BCUT2D eigenvalue weighted by molar-refractivity contribution is -0.137. The highest BCUT2D eigenvalue weighted by Gasteiger charge is 2.20. The SMILES string of the molecule is COCC(C)n1c(=O)c(-c2cccc(OC)c2Cl)cn(CC(=O)O)c1=O. The van der Waals surface area contributed by atoms with Crippen molar-refractivity contribution < 1.29 is 19.4 Å². The maximum atomic E-state index is 12.9. The molecule has 0 saturated carbocycles. The van der Waals surface area contributed by atoms with Crippen LogP contribution >= 0.6 is 11.6 Å². The van der Waals surface area contributed by atoms with E-state index in [0.29, 0.717) is 11.3 Å². The maximum Gasteiger partial charge on any atom is 0.331 e.